The first-order chi connectivity index (χ1) is 6.99. The monoisotopic (exact) mass is 219 g/mol. The summed E-state index contributed by atoms with van der Waals surface area (Å²) in [6.45, 7) is -1.59. The summed E-state index contributed by atoms with van der Waals surface area (Å²) in [5.74, 6) is 0. The molecule has 0 N–H and O–H groups in total. The van der Waals surface area contributed by atoms with Gasteiger partial charge in [0.05, 0.1) is 0 Å². The number of carbonyl (C=O) groups excluding carboxylic acids is 1. The SMILES string of the molecule is O=C(OCC(F)(F)F)N1C=CC=CC=C1. The Hall–Kier alpha value is -1.72. The zero-order valence-corrected chi connectivity index (χ0v) is 7.57. The molecule has 82 valence electrons. The molecule has 0 aromatic rings. The Morgan fingerprint density at radius 1 is 1.13 bits per heavy atom. The number of carbonyl (C=O) groups is 1. The molecule has 0 saturated carbocycles. The van der Waals surface area contributed by atoms with Gasteiger partial charge in [-0.15, -0.1) is 0 Å². The molecule has 0 saturated heterocycles. The fraction of sp³-hybridized carbons (Fsp3) is 0.222. The first-order valence-corrected chi connectivity index (χ1v) is 4.02. The average Bonchev–Trinajstić information content (AvgIpc) is 2.41. The minimum atomic E-state index is -4.51. The number of allylic oxidation sites excluding steroid dienone is 4. The lowest BCUT2D eigenvalue weighted by Gasteiger charge is -2.13. The van der Waals surface area contributed by atoms with E-state index in [1.165, 1.54) is 24.6 Å². The topological polar surface area (TPSA) is 29.5 Å². The van der Waals surface area contributed by atoms with Gasteiger partial charge in [0.2, 0.25) is 0 Å². The lowest BCUT2D eigenvalue weighted by molar-refractivity contribution is -0.161. The van der Waals surface area contributed by atoms with Gasteiger partial charge in [0, 0.05) is 12.4 Å². The number of alkyl halides is 3. The fourth-order valence-electron chi connectivity index (χ4n) is 0.803. The quantitative estimate of drug-likeness (QED) is 0.678. The van der Waals surface area contributed by atoms with Gasteiger partial charge >= 0.3 is 12.3 Å². The number of hydrogen-bond donors (Lipinski definition) is 0. The fourth-order valence-corrected chi connectivity index (χ4v) is 0.803. The smallest absolute Gasteiger partial charge is 0.422 e. The van der Waals surface area contributed by atoms with E-state index in [1.807, 2.05) is 0 Å². The Labute approximate surface area is 84.1 Å². The summed E-state index contributed by atoms with van der Waals surface area (Å²) in [6, 6.07) is 0. The van der Waals surface area contributed by atoms with Gasteiger partial charge in [0.25, 0.3) is 0 Å². The predicted octanol–water partition coefficient (Wildman–Crippen LogP) is 2.58. The van der Waals surface area contributed by atoms with Crippen molar-refractivity contribution < 1.29 is 22.7 Å². The molecule has 0 atom stereocenters. The number of amides is 1. The van der Waals surface area contributed by atoms with Crippen molar-refractivity contribution in [3.05, 3.63) is 36.7 Å². The molecule has 6 heteroatoms. The van der Waals surface area contributed by atoms with Crippen LogP contribution in [0.3, 0.4) is 0 Å². The van der Waals surface area contributed by atoms with Crippen LogP contribution in [0.15, 0.2) is 36.7 Å². The van der Waals surface area contributed by atoms with Crippen LogP contribution in [0.25, 0.3) is 0 Å². The van der Waals surface area contributed by atoms with E-state index in [-0.39, 0.29) is 0 Å². The molecular formula is C9H8F3NO2. The Kier molecular flexibility index (Phi) is 3.54. The molecule has 0 aromatic carbocycles. The summed E-state index contributed by atoms with van der Waals surface area (Å²) >= 11 is 0. The van der Waals surface area contributed by atoms with E-state index in [4.69, 9.17) is 0 Å². The third-order valence-electron chi connectivity index (χ3n) is 1.40. The van der Waals surface area contributed by atoms with Gasteiger partial charge in [-0.25, -0.2) is 4.79 Å². The van der Waals surface area contributed by atoms with Crippen LogP contribution < -0.4 is 0 Å². The number of nitrogens with zero attached hydrogens (tertiary/aromatic N) is 1. The summed E-state index contributed by atoms with van der Waals surface area (Å²) in [4.78, 5) is 12.0. The van der Waals surface area contributed by atoms with Crippen molar-refractivity contribution in [2.45, 2.75) is 6.18 Å². The average molecular weight is 219 g/mol. The maximum Gasteiger partial charge on any atom is 0.422 e. The summed E-state index contributed by atoms with van der Waals surface area (Å²) in [5, 5.41) is 0. The second kappa shape index (κ2) is 4.68. The Bertz CT molecular complexity index is 302. The van der Waals surface area contributed by atoms with Gasteiger partial charge < -0.3 is 4.74 Å². The molecule has 1 heterocycles. The number of halogens is 3. The number of hydrogen-bond acceptors (Lipinski definition) is 2. The first kappa shape index (κ1) is 11.4. The number of ether oxygens (including phenoxy) is 1. The standard InChI is InChI=1S/C9H8F3NO2/c10-9(11,12)7-15-8(14)13-5-3-1-2-4-6-13/h1-6H,7H2. The third-order valence-corrected chi connectivity index (χ3v) is 1.40. The van der Waals surface area contributed by atoms with Crippen molar-refractivity contribution in [2.24, 2.45) is 0 Å². The predicted molar refractivity (Wildman–Crippen MR) is 46.7 cm³/mol. The van der Waals surface area contributed by atoms with Crippen LogP contribution in [-0.2, 0) is 4.74 Å². The van der Waals surface area contributed by atoms with Gasteiger partial charge in [-0.2, -0.15) is 13.2 Å². The van der Waals surface area contributed by atoms with Gasteiger partial charge in [-0.05, 0) is 12.2 Å². The number of rotatable bonds is 1. The molecule has 1 rings (SSSR count). The van der Waals surface area contributed by atoms with Gasteiger partial charge in [-0.1, -0.05) is 12.2 Å². The van der Waals surface area contributed by atoms with E-state index in [0.29, 0.717) is 0 Å². The minimum Gasteiger partial charge on any atom is -0.439 e. The molecule has 0 fully saturated rings. The van der Waals surface area contributed by atoms with Crippen molar-refractivity contribution in [2.75, 3.05) is 6.61 Å². The minimum absolute atomic E-state index is 0.922. The first-order valence-electron chi connectivity index (χ1n) is 4.02. The summed E-state index contributed by atoms with van der Waals surface area (Å²) in [7, 11) is 0. The van der Waals surface area contributed by atoms with E-state index < -0.39 is 18.9 Å². The highest BCUT2D eigenvalue weighted by Crippen LogP contribution is 2.15. The molecular weight excluding hydrogens is 211 g/mol. The van der Waals surface area contributed by atoms with Gasteiger partial charge in [0.1, 0.15) is 0 Å². The third kappa shape index (κ3) is 4.35. The van der Waals surface area contributed by atoms with Crippen LogP contribution in [-0.4, -0.2) is 23.8 Å². The lowest BCUT2D eigenvalue weighted by Crippen LogP contribution is -2.26. The molecule has 0 aromatic heterocycles. The van der Waals surface area contributed by atoms with Crippen molar-refractivity contribution in [3.8, 4) is 0 Å². The van der Waals surface area contributed by atoms with Crippen LogP contribution in [0.4, 0.5) is 18.0 Å². The Morgan fingerprint density at radius 3 is 2.13 bits per heavy atom. The second-order valence-corrected chi connectivity index (χ2v) is 2.64. The van der Waals surface area contributed by atoms with E-state index in [2.05, 4.69) is 4.74 Å². The zero-order valence-electron chi connectivity index (χ0n) is 7.57. The molecule has 0 spiro atoms. The Morgan fingerprint density at radius 2 is 1.67 bits per heavy atom. The molecule has 1 aliphatic heterocycles. The lowest BCUT2D eigenvalue weighted by atomic mass is 10.5. The maximum absolute atomic E-state index is 11.7. The zero-order chi connectivity index (χ0) is 11.3. The van der Waals surface area contributed by atoms with Crippen LogP contribution in [0, 0.1) is 0 Å². The van der Waals surface area contributed by atoms with Crippen molar-refractivity contribution in [1.82, 2.24) is 4.90 Å². The van der Waals surface area contributed by atoms with Crippen LogP contribution in [0.5, 0.6) is 0 Å². The summed E-state index contributed by atoms with van der Waals surface area (Å²) in [5.41, 5.74) is 0. The van der Waals surface area contributed by atoms with E-state index >= 15 is 0 Å². The Balaban J connectivity index is 2.47. The largest absolute Gasteiger partial charge is 0.439 e. The van der Waals surface area contributed by atoms with Crippen LogP contribution in [0.1, 0.15) is 0 Å². The van der Waals surface area contributed by atoms with Crippen LogP contribution >= 0.6 is 0 Å². The summed E-state index contributed by atoms with van der Waals surface area (Å²) < 4.78 is 39.2. The molecule has 0 radical (unpaired) electrons. The molecule has 15 heavy (non-hydrogen) atoms. The highest BCUT2D eigenvalue weighted by Gasteiger charge is 2.30. The second-order valence-electron chi connectivity index (χ2n) is 2.64. The van der Waals surface area contributed by atoms with Crippen molar-refractivity contribution in [3.63, 3.8) is 0 Å². The maximum atomic E-state index is 11.7. The highest BCUT2D eigenvalue weighted by atomic mass is 19.4. The molecule has 0 unspecified atom stereocenters. The van der Waals surface area contributed by atoms with Gasteiger partial charge in [-0.3, -0.25) is 4.90 Å². The highest BCUT2D eigenvalue weighted by molar-refractivity contribution is 5.70. The molecule has 0 bridgehead atoms. The van der Waals surface area contributed by atoms with E-state index in [1.54, 1.807) is 12.2 Å². The van der Waals surface area contributed by atoms with Crippen molar-refractivity contribution in [1.29, 1.82) is 0 Å². The van der Waals surface area contributed by atoms with E-state index in [0.717, 1.165) is 4.90 Å². The molecule has 3 nitrogen and oxygen atoms in total. The molecule has 0 aliphatic carbocycles. The van der Waals surface area contributed by atoms with Crippen molar-refractivity contribution >= 4 is 6.09 Å². The summed E-state index contributed by atoms with van der Waals surface area (Å²) in [6.07, 6.45) is 3.32. The van der Waals surface area contributed by atoms with E-state index in [9.17, 15) is 18.0 Å². The van der Waals surface area contributed by atoms with Gasteiger partial charge in [0.15, 0.2) is 6.61 Å². The molecule has 1 amide bonds. The normalized spacial score (nSPS) is 15.3. The van der Waals surface area contributed by atoms with Crippen LogP contribution in [0.2, 0.25) is 0 Å². The molecule has 1 aliphatic rings.